The van der Waals surface area contributed by atoms with Crippen LogP contribution in [0.2, 0.25) is 0 Å². The second-order valence-electron chi connectivity index (χ2n) is 4.66. The van der Waals surface area contributed by atoms with E-state index in [0.717, 1.165) is 25.8 Å². The third kappa shape index (κ3) is 4.00. The van der Waals surface area contributed by atoms with E-state index in [1.165, 1.54) is 19.3 Å². The summed E-state index contributed by atoms with van der Waals surface area (Å²) in [6.45, 7) is 3.50. The predicted molar refractivity (Wildman–Crippen MR) is 71.5 cm³/mol. The van der Waals surface area contributed by atoms with Crippen molar-refractivity contribution in [2.75, 3.05) is 13.2 Å². The molecular weight excluding hydrogens is 220 g/mol. The Balaban J connectivity index is 2.65. The van der Waals surface area contributed by atoms with Crippen LogP contribution in [-0.4, -0.2) is 40.2 Å². The molecule has 1 heterocycles. The summed E-state index contributed by atoms with van der Waals surface area (Å²) in [6, 6.07) is 0.717. The van der Waals surface area contributed by atoms with E-state index < -0.39 is 0 Å². The van der Waals surface area contributed by atoms with Crippen molar-refractivity contribution in [3.05, 3.63) is 0 Å². The van der Waals surface area contributed by atoms with Crippen LogP contribution < -0.4 is 5.73 Å². The Bertz CT molecular complexity index is 223. The van der Waals surface area contributed by atoms with Crippen molar-refractivity contribution in [1.82, 2.24) is 4.90 Å². The standard InChI is InChI=1S/C12H24N2OS/c1-2-10(8-12(13)16)14-7-5-3-4-6-11(14)9-15/h10-11,15H,2-9H2,1H3,(H2,13,16). The molecule has 2 unspecified atom stereocenters. The van der Waals surface area contributed by atoms with Crippen molar-refractivity contribution in [3.63, 3.8) is 0 Å². The first-order valence-electron chi connectivity index (χ1n) is 6.34. The first kappa shape index (κ1) is 13.9. The number of hydrogen-bond donors (Lipinski definition) is 2. The van der Waals surface area contributed by atoms with Crippen molar-refractivity contribution in [2.24, 2.45) is 5.73 Å². The lowest BCUT2D eigenvalue weighted by Gasteiger charge is -2.35. The largest absolute Gasteiger partial charge is 0.395 e. The van der Waals surface area contributed by atoms with Gasteiger partial charge in [-0.1, -0.05) is 32.0 Å². The van der Waals surface area contributed by atoms with Gasteiger partial charge >= 0.3 is 0 Å². The topological polar surface area (TPSA) is 49.5 Å². The molecule has 1 fully saturated rings. The third-order valence-corrected chi connectivity index (χ3v) is 3.68. The summed E-state index contributed by atoms with van der Waals surface area (Å²) in [5, 5.41) is 9.46. The van der Waals surface area contributed by atoms with Gasteiger partial charge in [0, 0.05) is 18.5 Å². The van der Waals surface area contributed by atoms with Crippen molar-refractivity contribution in [3.8, 4) is 0 Å². The van der Waals surface area contributed by atoms with Crippen LogP contribution in [0.25, 0.3) is 0 Å². The number of nitrogens with two attached hydrogens (primary N) is 1. The fourth-order valence-corrected chi connectivity index (χ4v) is 2.80. The Morgan fingerprint density at radius 3 is 2.81 bits per heavy atom. The van der Waals surface area contributed by atoms with E-state index in [0.29, 0.717) is 17.1 Å². The summed E-state index contributed by atoms with van der Waals surface area (Å²) in [5.41, 5.74) is 5.64. The molecule has 0 aliphatic carbocycles. The Morgan fingerprint density at radius 1 is 1.50 bits per heavy atom. The number of aliphatic hydroxyl groups is 1. The minimum Gasteiger partial charge on any atom is -0.395 e. The maximum absolute atomic E-state index is 9.46. The second kappa shape index (κ2) is 7.20. The fraction of sp³-hybridized carbons (Fsp3) is 0.917. The van der Waals surface area contributed by atoms with E-state index in [2.05, 4.69) is 11.8 Å². The molecule has 1 aliphatic heterocycles. The van der Waals surface area contributed by atoms with Crippen molar-refractivity contribution in [1.29, 1.82) is 0 Å². The zero-order valence-corrected chi connectivity index (χ0v) is 11.0. The summed E-state index contributed by atoms with van der Waals surface area (Å²) in [7, 11) is 0. The smallest absolute Gasteiger partial charge is 0.0743 e. The molecule has 4 heteroatoms. The maximum Gasteiger partial charge on any atom is 0.0743 e. The minimum absolute atomic E-state index is 0.258. The Hall–Kier alpha value is -0.190. The highest BCUT2D eigenvalue weighted by atomic mass is 32.1. The summed E-state index contributed by atoms with van der Waals surface area (Å²) in [4.78, 5) is 3.01. The van der Waals surface area contributed by atoms with Gasteiger partial charge in [0.15, 0.2) is 0 Å². The number of nitrogens with zero attached hydrogens (tertiary/aromatic N) is 1. The van der Waals surface area contributed by atoms with Gasteiger partial charge in [-0.25, -0.2) is 0 Å². The van der Waals surface area contributed by atoms with E-state index in [-0.39, 0.29) is 6.61 Å². The van der Waals surface area contributed by atoms with E-state index in [1.54, 1.807) is 0 Å². The zero-order chi connectivity index (χ0) is 12.0. The number of rotatable bonds is 5. The molecule has 2 atom stereocenters. The molecule has 3 N–H and O–H groups in total. The summed E-state index contributed by atoms with van der Waals surface area (Å²) in [6.07, 6.45) is 6.66. The van der Waals surface area contributed by atoms with Gasteiger partial charge in [0.25, 0.3) is 0 Å². The third-order valence-electron chi connectivity index (χ3n) is 3.51. The van der Waals surface area contributed by atoms with Gasteiger partial charge in [0.2, 0.25) is 0 Å². The number of thiocarbonyl (C=S) groups is 1. The van der Waals surface area contributed by atoms with Crippen molar-refractivity contribution < 1.29 is 5.11 Å². The van der Waals surface area contributed by atoms with E-state index in [1.807, 2.05) is 0 Å². The molecule has 1 aliphatic rings. The first-order chi connectivity index (χ1) is 7.69. The van der Waals surface area contributed by atoms with Crippen LogP contribution in [0.3, 0.4) is 0 Å². The molecule has 16 heavy (non-hydrogen) atoms. The molecule has 3 nitrogen and oxygen atoms in total. The fourth-order valence-electron chi connectivity index (χ4n) is 2.60. The molecule has 0 radical (unpaired) electrons. The molecule has 0 aromatic heterocycles. The molecule has 1 saturated heterocycles. The lowest BCUT2D eigenvalue weighted by Crippen LogP contribution is -2.46. The van der Waals surface area contributed by atoms with Crippen molar-refractivity contribution >= 4 is 17.2 Å². The van der Waals surface area contributed by atoms with E-state index >= 15 is 0 Å². The number of likely N-dealkylation sites (tertiary alicyclic amines) is 1. The average molecular weight is 244 g/mol. The second-order valence-corrected chi connectivity index (χ2v) is 5.18. The van der Waals surface area contributed by atoms with Gasteiger partial charge in [0.05, 0.1) is 11.6 Å². The molecule has 0 aromatic carbocycles. The van der Waals surface area contributed by atoms with Gasteiger partial charge in [0.1, 0.15) is 0 Å². The van der Waals surface area contributed by atoms with Crippen LogP contribution >= 0.6 is 12.2 Å². The van der Waals surface area contributed by atoms with Gasteiger partial charge in [-0.05, 0) is 25.8 Å². The highest BCUT2D eigenvalue weighted by Crippen LogP contribution is 2.21. The molecule has 0 saturated carbocycles. The van der Waals surface area contributed by atoms with Crippen LogP contribution in [0.1, 0.15) is 45.4 Å². The quantitative estimate of drug-likeness (QED) is 0.723. The first-order valence-corrected chi connectivity index (χ1v) is 6.74. The zero-order valence-electron chi connectivity index (χ0n) is 10.2. The van der Waals surface area contributed by atoms with E-state index in [4.69, 9.17) is 18.0 Å². The van der Waals surface area contributed by atoms with E-state index in [9.17, 15) is 5.11 Å². The van der Waals surface area contributed by atoms with Gasteiger partial charge in [-0.15, -0.1) is 0 Å². The molecule has 1 rings (SSSR count). The monoisotopic (exact) mass is 244 g/mol. The lowest BCUT2D eigenvalue weighted by molar-refractivity contribution is 0.0850. The van der Waals surface area contributed by atoms with Crippen LogP contribution in [-0.2, 0) is 0 Å². The number of aliphatic hydroxyl groups excluding tert-OH is 1. The highest BCUT2D eigenvalue weighted by Gasteiger charge is 2.26. The minimum atomic E-state index is 0.258. The van der Waals surface area contributed by atoms with Crippen molar-refractivity contribution in [2.45, 2.75) is 57.5 Å². The summed E-state index contributed by atoms with van der Waals surface area (Å²) >= 11 is 5.00. The summed E-state index contributed by atoms with van der Waals surface area (Å²) in [5.74, 6) is 0. The predicted octanol–water partition coefficient (Wildman–Crippen LogP) is 1.68. The van der Waals surface area contributed by atoms with Crippen LogP contribution in [0.15, 0.2) is 0 Å². The van der Waals surface area contributed by atoms with Crippen LogP contribution in [0, 0.1) is 0 Å². The molecule has 94 valence electrons. The Labute approximate surface area is 104 Å². The molecule has 0 aromatic rings. The molecule has 0 bridgehead atoms. The van der Waals surface area contributed by atoms with Crippen LogP contribution in [0.5, 0.6) is 0 Å². The van der Waals surface area contributed by atoms with Gasteiger partial charge < -0.3 is 10.8 Å². The molecular formula is C12H24N2OS. The highest BCUT2D eigenvalue weighted by molar-refractivity contribution is 7.80. The van der Waals surface area contributed by atoms with Gasteiger partial charge in [-0.2, -0.15) is 0 Å². The average Bonchev–Trinajstić information content (AvgIpc) is 2.50. The Kier molecular flexibility index (Phi) is 6.24. The summed E-state index contributed by atoms with van der Waals surface area (Å²) < 4.78 is 0. The maximum atomic E-state index is 9.46. The molecule has 0 spiro atoms. The SMILES string of the molecule is CCC(CC(N)=S)N1CCCCCC1CO. The molecule has 0 amide bonds. The lowest BCUT2D eigenvalue weighted by atomic mass is 10.0. The van der Waals surface area contributed by atoms with Gasteiger partial charge in [-0.3, -0.25) is 4.90 Å². The normalized spacial score (nSPS) is 25.0. The number of hydrogen-bond acceptors (Lipinski definition) is 3. The van der Waals surface area contributed by atoms with Crippen LogP contribution in [0.4, 0.5) is 0 Å². The Morgan fingerprint density at radius 2 is 2.25 bits per heavy atom.